The molecule has 0 unspecified atom stereocenters. The number of carbonyl (C=O) groups is 1. The van der Waals surface area contributed by atoms with E-state index in [1.165, 1.54) is 22.9 Å². The van der Waals surface area contributed by atoms with Crippen LogP contribution < -0.4 is 10.2 Å². The number of nitrogens with zero attached hydrogens (tertiary/aromatic N) is 4. The quantitative estimate of drug-likeness (QED) is 0.492. The predicted octanol–water partition coefficient (Wildman–Crippen LogP) is 3.10. The summed E-state index contributed by atoms with van der Waals surface area (Å²) >= 11 is 1.45. The Morgan fingerprint density at radius 2 is 1.70 bits per heavy atom. The van der Waals surface area contributed by atoms with E-state index in [1.807, 2.05) is 24.3 Å². The number of anilines is 1. The first kappa shape index (κ1) is 22.0. The van der Waals surface area contributed by atoms with E-state index in [0.717, 1.165) is 37.0 Å². The summed E-state index contributed by atoms with van der Waals surface area (Å²) in [6.07, 6.45) is 2.25. The van der Waals surface area contributed by atoms with E-state index < -0.39 is 0 Å². The number of thioether (sulfide) groups is 1. The second kappa shape index (κ2) is 9.97. The zero-order valence-corrected chi connectivity index (χ0v) is 19.5. The van der Waals surface area contributed by atoms with E-state index in [9.17, 15) is 4.79 Å². The third kappa shape index (κ3) is 5.23. The lowest BCUT2D eigenvalue weighted by Crippen LogP contribution is -2.38. The molecule has 2 heterocycles. The minimum atomic E-state index is 0.0318. The molecule has 172 valence electrons. The number of carbonyl (C=O) groups excluding carboxylic acids is 1. The zero-order chi connectivity index (χ0) is 22.5. The van der Waals surface area contributed by atoms with Crippen molar-refractivity contribution in [3.05, 3.63) is 71.8 Å². The van der Waals surface area contributed by atoms with Gasteiger partial charge in [0.15, 0.2) is 5.16 Å². The molecule has 1 saturated carbocycles. The number of rotatable bonds is 9. The number of ether oxygens (including phenoxy) is 1. The molecule has 1 amide bonds. The number of morpholine rings is 1. The maximum atomic E-state index is 12.7. The van der Waals surface area contributed by atoms with Crippen LogP contribution in [0.2, 0.25) is 0 Å². The van der Waals surface area contributed by atoms with Crippen LogP contribution in [0.5, 0.6) is 0 Å². The van der Waals surface area contributed by atoms with Gasteiger partial charge in [0.1, 0.15) is 0 Å². The first-order valence-corrected chi connectivity index (χ1v) is 12.5. The molecule has 0 radical (unpaired) electrons. The molecule has 2 aromatic carbocycles. The van der Waals surface area contributed by atoms with Gasteiger partial charge in [-0.1, -0.05) is 72.4 Å². The average molecular weight is 464 g/mol. The topological polar surface area (TPSA) is 72.3 Å². The molecule has 0 bridgehead atoms. The molecule has 2 fully saturated rings. The summed E-state index contributed by atoms with van der Waals surface area (Å²) in [4.78, 5) is 14.9. The highest BCUT2D eigenvalue weighted by Crippen LogP contribution is 2.47. The predicted molar refractivity (Wildman–Crippen MR) is 130 cm³/mol. The Bertz CT molecular complexity index is 1060. The van der Waals surface area contributed by atoms with Crippen molar-refractivity contribution >= 4 is 23.6 Å². The van der Waals surface area contributed by atoms with Crippen molar-refractivity contribution in [3.63, 3.8) is 0 Å². The third-order valence-electron chi connectivity index (χ3n) is 6.37. The van der Waals surface area contributed by atoms with Gasteiger partial charge in [-0.05, 0) is 24.0 Å². The van der Waals surface area contributed by atoms with E-state index in [1.54, 1.807) is 0 Å². The summed E-state index contributed by atoms with van der Waals surface area (Å²) in [5.41, 5.74) is 2.60. The molecule has 5 rings (SSSR count). The second-order valence-electron chi connectivity index (χ2n) is 8.67. The molecule has 2 aliphatic rings. The number of nitrogens with one attached hydrogen (secondary N) is 1. The molecule has 0 atom stereocenters. The van der Waals surface area contributed by atoms with E-state index in [-0.39, 0.29) is 11.3 Å². The highest BCUT2D eigenvalue weighted by molar-refractivity contribution is 7.99. The first-order chi connectivity index (χ1) is 16.2. The Balaban J connectivity index is 1.24. The molecule has 33 heavy (non-hydrogen) atoms. The molecular weight excluding hydrogens is 434 g/mol. The van der Waals surface area contributed by atoms with Gasteiger partial charge < -0.3 is 15.0 Å². The Labute approximate surface area is 198 Å². The van der Waals surface area contributed by atoms with Gasteiger partial charge in [0.25, 0.3) is 0 Å². The van der Waals surface area contributed by atoms with Crippen molar-refractivity contribution in [2.75, 3.05) is 43.5 Å². The molecular formula is C25H29N5O2S. The maximum Gasteiger partial charge on any atom is 0.230 e. The van der Waals surface area contributed by atoms with Crippen LogP contribution in [0.1, 0.15) is 24.0 Å². The molecule has 8 heteroatoms. The Morgan fingerprint density at radius 1 is 1.00 bits per heavy atom. The summed E-state index contributed by atoms with van der Waals surface area (Å²) < 4.78 is 7.62. The Kier molecular flexibility index (Phi) is 6.64. The lowest BCUT2D eigenvalue weighted by Gasteiger charge is -2.28. The molecule has 1 N–H and O–H groups in total. The monoisotopic (exact) mass is 463 g/mol. The third-order valence-corrected chi connectivity index (χ3v) is 7.34. The van der Waals surface area contributed by atoms with Crippen molar-refractivity contribution in [2.24, 2.45) is 0 Å². The van der Waals surface area contributed by atoms with Crippen molar-refractivity contribution in [1.82, 2.24) is 20.1 Å². The molecule has 1 aromatic heterocycles. The van der Waals surface area contributed by atoms with Gasteiger partial charge in [0.2, 0.25) is 11.9 Å². The van der Waals surface area contributed by atoms with Crippen molar-refractivity contribution in [2.45, 2.75) is 30.0 Å². The van der Waals surface area contributed by atoms with Gasteiger partial charge in [0.05, 0.1) is 25.5 Å². The maximum absolute atomic E-state index is 12.7. The van der Waals surface area contributed by atoms with Crippen LogP contribution in [-0.4, -0.2) is 59.3 Å². The van der Waals surface area contributed by atoms with Crippen LogP contribution in [0.3, 0.4) is 0 Å². The molecule has 1 aliphatic carbocycles. The number of benzene rings is 2. The van der Waals surface area contributed by atoms with Crippen LogP contribution >= 0.6 is 11.8 Å². The largest absolute Gasteiger partial charge is 0.378 e. The summed E-state index contributed by atoms with van der Waals surface area (Å²) in [7, 11) is 0. The Hall–Kier alpha value is -2.84. The highest BCUT2D eigenvalue weighted by Gasteiger charge is 2.44. The normalized spacial score (nSPS) is 17.0. The van der Waals surface area contributed by atoms with E-state index in [2.05, 4.69) is 61.4 Å². The minimum absolute atomic E-state index is 0.0318. The van der Waals surface area contributed by atoms with Gasteiger partial charge in [0, 0.05) is 25.0 Å². The van der Waals surface area contributed by atoms with E-state index in [4.69, 9.17) is 4.74 Å². The standard InChI is InChI=1S/C25H29N5O2S/c31-22(26-19-25(11-12-25)21-9-5-2-6-10-21)18-33-24-28-27-23(29-13-15-32-16-14-29)30(24)17-20-7-3-1-4-8-20/h1-10H,11-19H2,(H,26,31). The van der Waals surface area contributed by atoms with Gasteiger partial charge >= 0.3 is 0 Å². The van der Waals surface area contributed by atoms with Crippen molar-refractivity contribution in [1.29, 1.82) is 0 Å². The highest BCUT2D eigenvalue weighted by atomic mass is 32.2. The van der Waals surface area contributed by atoms with E-state index in [0.29, 0.717) is 32.1 Å². The van der Waals surface area contributed by atoms with Crippen molar-refractivity contribution < 1.29 is 9.53 Å². The molecule has 7 nitrogen and oxygen atoms in total. The number of amides is 1. The van der Waals surface area contributed by atoms with Crippen molar-refractivity contribution in [3.8, 4) is 0 Å². The second-order valence-corrected chi connectivity index (χ2v) is 9.61. The lowest BCUT2D eigenvalue weighted by atomic mass is 9.96. The van der Waals surface area contributed by atoms with Crippen LogP contribution in [-0.2, 0) is 21.5 Å². The molecule has 1 aliphatic heterocycles. The molecule has 1 saturated heterocycles. The molecule has 3 aromatic rings. The van der Waals surface area contributed by atoms with Gasteiger partial charge in [-0.3, -0.25) is 9.36 Å². The number of hydrogen-bond acceptors (Lipinski definition) is 6. The summed E-state index contributed by atoms with van der Waals surface area (Å²) in [5, 5.41) is 12.8. The van der Waals surface area contributed by atoms with Gasteiger partial charge in [-0.2, -0.15) is 0 Å². The minimum Gasteiger partial charge on any atom is -0.378 e. The van der Waals surface area contributed by atoms with Gasteiger partial charge in [-0.25, -0.2) is 0 Å². The SMILES string of the molecule is O=C(CSc1nnc(N2CCOCC2)n1Cc1ccccc1)NCC1(c2ccccc2)CC1. The summed E-state index contributed by atoms with van der Waals surface area (Å²) in [6.45, 7) is 4.31. The zero-order valence-electron chi connectivity index (χ0n) is 18.7. The number of hydrogen-bond donors (Lipinski definition) is 1. The fourth-order valence-electron chi connectivity index (χ4n) is 4.25. The Morgan fingerprint density at radius 3 is 2.39 bits per heavy atom. The van der Waals surface area contributed by atoms with Crippen LogP contribution in [0, 0.1) is 0 Å². The fourth-order valence-corrected chi connectivity index (χ4v) is 5.01. The van der Waals surface area contributed by atoms with Crippen LogP contribution in [0.15, 0.2) is 65.8 Å². The van der Waals surface area contributed by atoms with Gasteiger partial charge in [-0.15, -0.1) is 10.2 Å². The fraction of sp³-hybridized carbons (Fsp3) is 0.400. The van der Waals surface area contributed by atoms with E-state index >= 15 is 0 Å². The lowest BCUT2D eigenvalue weighted by molar-refractivity contribution is -0.118. The molecule has 0 spiro atoms. The smallest absolute Gasteiger partial charge is 0.230 e. The summed E-state index contributed by atoms with van der Waals surface area (Å²) in [6, 6.07) is 20.8. The van der Waals surface area contributed by atoms with Crippen LogP contribution in [0.25, 0.3) is 0 Å². The number of aromatic nitrogens is 3. The average Bonchev–Trinajstić information content (AvgIpc) is 3.57. The van der Waals surface area contributed by atoms with Crippen LogP contribution in [0.4, 0.5) is 5.95 Å². The first-order valence-electron chi connectivity index (χ1n) is 11.5. The summed E-state index contributed by atoms with van der Waals surface area (Å²) in [5.74, 6) is 1.19.